The molecule has 0 saturated heterocycles. The monoisotopic (exact) mass is 309 g/mol. The van der Waals surface area contributed by atoms with Gasteiger partial charge in [-0.15, -0.1) is 11.8 Å². The van der Waals surface area contributed by atoms with Crippen molar-refractivity contribution in [3.8, 4) is 11.5 Å². The summed E-state index contributed by atoms with van der Waals surface area (Å²) in [6, 6.07) is 5.03. The van der Waals surface area contributed by atoms with Crippen LogP contribution in [0.1, 0.15) is 32.3 Å². The van der Waals surface area contributed by atoms with Crippen LogP contribution in [0.5, 0.6) is 11.5 Å². The van der Waals surface area contributed by atoms with Crippen LogP contribution in [0.3, 0.4) is 0 Å². The number of carbonyl (C=O) groups is 1. The fourth-order valence-corrected chi connectivity index (χ4v) is 3.06. The minimum absolute atomic E-state index is 0.0601. The van der Waals surface area contributed by atoms with Gasteiger partial charge in [0.2, 0.25) is 0 Å². The second-order valence-electron chi connectivity index (χ2n) is 5.17. The van der Waals surface area contributed by atoms with E-state index in [1.165, 1.54) is 11.8 Å². The quantitative estimate of drug-likeness (QED) is 0.790. The highest BCUT2D eigenvalue weighted by molar-refractivity contribution is 8.14. The van der Waals surface area contributed by atoms with Gasteiger partial charge >= 0.3 is 5.97 Å². The van der Waals surface area contributed by atoms with Gasteiger partial charge in [-0.3, -0.25) is 4.99 Å². The summed E-state index contributed by atoms with van der Waals surface area (Å²) in [5.41, 5.74) is -0.573. The number of carboxylic acids is 1. The lowest BCUT2D eigenvalue weighted by molar-refractivity contribution is -0.141. The number of aromatic hydroxyl groups is 1. The molecule has 0 fully saturated rings. The molecule has 1 aliphatic rings. The van der Waals surface area contributed by atoms with Crippen molar-refractivity contribution in [1.82, 2.24) is 0 Å². The molecule has 0 amide bonds. The highest BCUT2D eigenvalue weighted by Crippen LogP contribution is 2.35. The zero-order chi connectivity index (χ0) is 15.5. The first-order valence-corrected chi connectivity index (χ1v) is 7.87. The van der Waals surface area contributed by atoms with Crippen molar-refractivity contribution in [2.45, 2.75) is 32.2 Å². The van der Waals surface area contributed by atoms with Crippen LogP contribution in [0.25, 0.3) is 0 Å². The van der Waals surface area contributed by atoms with Crippen molar-refractivity contribution in [2.24, 2.45) is 4.99 Å². The van der Waals surface area contributed by atoms with Crippen molar-refractivity contribution in [3.63, 3.8) is 0 Å². The third-order valence-electron chi connectivity index (χ3n) is 3.27. The first kappa shape index (κ1) is 15.7. The minimum atomic E-state index is -1.12. The molecule has 1 aromatic rings. The number of nitrogens with zero attached hydrogens (tertiary/aromatic N) is 1. The molecule has 2 rings (SSSR count). The summed E-state index contributed by atoms with van der Waals surface area (Å²) in [5.74, 6) is 0.0782. The zero-order valence-electron chi connectivity index (χ0n) is 12.1. The lowest BCUT2D eigenvalue weighted by Gasteiger charge is -2.11. The number of benzene rings is 1. The van der Waals surface area contributed by atoms with Crippen LogP contribution in [-0.2, 0) is 4.79 Å². The van der Waals surface area contributed by atoms with Crippen molar-refractivity contribution in [1.29, 1.82) is 0 Å². The lowest BCUT2D eigenvalue weighted by Crippen LogP contribution is -2.33. The molecule has 5 nitrogen and oxygen atoms in total. The fourth-order valence-electron chi connectivity index (χ4n) is 1.86. The number of phenols is 1. The van der Waals surface area contributed by atoms with Gasteiger partial charge in [-0.05, 0) is 25.5 Å². The van der Waals surface area contributed by atoms with E-state index in [0.717, 1.165) is 12.8 Å². The summed E-state index contributed by atoms with van der Waals surface area (Å²) in [6.07, 6.45) is 2.01. The lowest BCUT2D eigenvalue weighted by atomic mass is 10.1. The molecule has 114 valence electrons. The van der Waals surface area contributed by atoms with E-state index in [4.69, 9.17) is 9.84 Å². The first-order valence-electron chi connectivity index (χ1n) is 6.88. The van der Waals surface area contributed by atoms with Crippen molar-refractivity contribution in [3.05, 3.63) is 23.8 Å². The molecule has 0 aliphatic carbocycles. The molecule has 21 heavy (non-hydrogen) atoms. The Labute approximate surface area is 128 Å². The Morgan fingerprint density at radius 2 is 2.29 bits per heavy atom. The number of hydrogen-bond acceptors (Lipinski definition) is 5. The molecular formula is C15H19NO4S. The second kappa shape index (κ2) is 6.39. The molecule has 0 spiro atoms. The topological polar surface area (TPSA) is 79.1 Å². The maximum atomic E-state index is 11.2. The molecule has 0 saturated carbocycles. The zero-order valence-corrected chi connectivity index (χ0v) is 12.9. The Morgan fingerprint density at radius 3 is 2.86 bits per heavy atom. The summed E-state index contributed by atoms with van der Waals surface area (Å²) in [5, 5.41) is 19.8. The van der Waals surface area contributed by atoms with Crippen molar-refractivity contribution < 1.29 is 19.7 Å². The first-order chi connectivity index (χ1) is 9.96. The highest BCUT2D eigenvalue weighted by atomic mass is 32.2. The summed E-state index contributed by atoms with van der Waals surface area (Å²) in [6.45, 7) is 4.27. The molecular weight excluding hydrogens is 290 g/mol. The van der Waals surface area contributed by atoms with Crippen molar-refractivity contribution in [2.75, 3.05) is 12.4 Å². The normalized spacial score (nSPS) is 21.1. The van der Waals surface area contributed by atoms with Gasteiger partial charge in [0.15, 0.2) is 5.54 Å². The van der Waals surface area contributed by atoms with Crippen LogP contribution in [0, 0.1) is 0 Å². The number of thioether (sulfide) groups is 1. The van der Waals surface area contributed by atoms with Crippen LogP contribution in [0.15, 0.2) is 23.2 Å². The molecule has 0 aromatic heterocycles. The van der Waals surface area contributed by atoms with E-state index in [1.54, 1.807) is 25.1 Å². The maximum absolute atomic E-state index is 11.2. The van der Waals surface area contributed by atoms with Gasteiger partial charge in [0.05, 0.1) is 6.61 Å². The third kappa shape index (κ3) is 3.50. The fraction of sp³-hybridized carbons (Fsp3) is 0.467. The molecule has 0 bridgehead atoms. The van der Waals surface area contributed by atoms with E-state index in [9.17, 15) is 9.90 Å². The van der Waals surface area contributed by atoms with Crippen LogP contribution < -0.4 is 4.74 Å². The minimum Gasteiger partial charge on any atom is -0.507 e. The molecule has 0 unspecified atom stereocenters. The van der Waals surface area contributed by atoms with Gasteiger partial charge in [0.25, 0.3) is 0 Å². The van der Waals surface area contributed by atoms with Crippen LogP contribution in [0.4, 0.5) is 0 Å². The molecule has 0 radical (unpaired) electrons. The molecule has 1 heterocycles. The van der Waals surface area contributed by atoms with E-state index in [1.807, 2.05) is 0 Å². The largest absolute Gasteiger partial charge is 0.507 e. The van der Waals surface area contributed by atoms with E-state index in [2.05, 4.69) is 11.9 Å². The molecule has 1 aromatic carbocycles. The van der Waals surface area contributed by atoms with Gasteiger partial charge in [-0.25, -0.2) is 4.79 Å². The van der Waals surface area contributed by atoms with Gasteiger partial charge in [-0.1, -0.05) is 13.3 Å². The van der Waals surface area contributed by atoms with E-state index < -0.39 is 11.5 Å². The Balaban J connectivity index is 2.17. The van der Waals surface area contributed by atoms with Crippen LogP contribution >= 0.6 is 11.8 Å². The second-order valence-corrected chi connectivity index (χ2v) is 6.13. The van der Waals surface area contributed by atoms with Gasteiger partial charge in [-0.2, -0.15) is 0 Å². The summed E-state index contributed by atoms with van der Waals surface area (Å²) >= 11 is 1.34. The molecule has 1 aliphatic heterocycles. The van der Waals surface area contributed by atoms with Gasteiger partial charge < -0.3 is 14.9 Å². The number of rotatable bonds is 6. The number of phenolic OH excluding ortho intramolecular Hbond substituents is 1. The Morgan fingerprint density at radius 1 is 1.52 bits per heavy atom. The average Bonchev–Trinajstić information content (AvgIpc) is 2.83. The highest BCUT2D eigenvalue weighted by Gasteiger charge is 2.38. The molecule has 6 heteroatoms. The van der Waals surface area contributed by atoms with Gasteiger partial charge in [0.1, 0.15) is 16.5 Å². The maximum Gasteiger partial charge on any atom is 0.332 e. The Hall–Kier alpha value is -1.69. The number of hydrogen-bond donors (Lipinski definition) is 2. The summed E-state index contributed by atoms with van der Waals surface area (Å²) < 4.78 is 5.52. The Bertz CT molecular complexity index is 573. The average molecular weight is 309 g/mol. The number of aliphatic carboxylic acids is 1. The SMILES string of the molecule is CCCCOc1ccc(C2=N[C@@](C)(C(=O)O)CS2)c(O)c1. The number of unbranched alkanes of at least 4 members (excludes halogenated alkanes) is 1. The van der Waals surface area contributed by atoms with E-state index in [0.29, 0.717) is 28.7 Å². The van der Waals surface area contributed by atoms with Crippen LogP contribution in [0.2, 0.25) is 0 Å². The standard InChI is InChI=1S/C15H19NO4S/c1-3-4-7-20-10-5-6-11(12(17)8-10)13-16-15(2,9-21-13)14(18)19/h5-6,8,17H,3-4,7,9H2,1-2H3,(H,18,19)/t15-/m1/s1. The van der Waals surface area contributed by atoms with Crippen molar-refractivity contribution >= 4 is 22.8 Å². The summed E-state index contributed by atoms with van der Waals surface area (Å²) in [7, 11) is 0. The number of ether oxygens (including phenoxy) is 1. The van der Waals surface area contributed by atoms with E-state index in [-0.39, 0.29) is 5.75 Å². The number of aliphatic imine (C=N–C) groups is 1. The van der Waals surface area contributed by atoms with E-state index >= 15 is 0 Å². The predicted octanol–water partition coefficient (Wildman–Crippen LogP) is 2.91. The predicted molar refractivity (Wildman–Crippen MR) is 83.5 cm³/mol. The Kier molecular flexibility index (Phi) is 4.77. The smallest absolute Gasteiger partial charge is 0.332 e. The number of carboxylic acid groups (broad SMARTS) is 1. The van der Waals surface area contributed by atoms with Crippen LogP contribution in [-0.4, -0.2) is 39.1 Å². The third-order valence-corrected chi connectivity index (χ3v) is 4.56. The molecule has 1 atom stereocenters. The molecule has 2 N–H and O–H groups in total. The summed E-state index contributed by atoms with van der Waals surface area (Å²) in [4.78, 5) is 15.4. The van der Waals surface area contributed by atoms with Gasteiger partial charge in [0, 0.05) is 17.4 Å².